The van der Waals surface area contributed by atoms with Gasteiger partial charge in [-0.2, -0.15) is 5.26 Å². The van der Waals surface area contributed by atoms with Crippen molar-refractivity contribution in [2.24, 2.45) is 0 Å². The van der Waals surface area contributed by atoms with Crippen molar-refractivity contribution in [3.05, 3.63) is 53.9 Å². The van der Waals surface area contributed by atoms with Crippen molar-refractivity contribution in [2.45, 2.75) is 18.4 Å². The van der Waals surface area contributed by atoms with Crippen molar-refractivity contribution in [3.8, 4) is 6.07 Å². The van der Waals surface area contributed by atoms with E-state index in [4.69, 9.17) is 5.26 Å². The summed E-state index contributed by atoms with van der Waals surface area (Å²) in [6, 6.07) is 13.2. The number of urea groups is 1. The molecular formula is C24H29N7O3. The number of carbonyl (C=O) groups excluding carboxylic acids is 2. The van der Waals surface area contributed by atoms with Gasteiger partial charge >= 0.3 is 6.03 Å². The average Bonchev–Trinajstić information content (AvgIpc) is 3.36. The Morgan fingerprint density at radius 2 is 1.71 bits per heavy atom. The number of benzene rings is 1. The minimum atomic E-state index is -1.00. The zero-order valence-corrected chi connectivity index (χ0v) is 19.1. The first-order valence-corrected chi connectivity index (χ1v) is 11.7. The van der Waals surface area contributed by atoms with E-state index in [2.05, 4.69) is 16.4 Å². The van der Waals surface area contributed by atoms with Crippen LogP contribution in [0.25, 0.3) is 0 Å². The molecule has 0 saturated carbocycles. The number of anilines is 1. The summed E-state index contributed by atoms with van der Waals surface area (Å²) >= 11 is 0. The molecule has 3 aliphatic rings. The van der Waals surface area contributed by atoms with Crippen LogP contribution < -0.4 is 10.3 Å². The maximum atomic E-state index is 13.1. The van der Waals surface area contributed by atoms with Crippen LogP contribution >= 0.6 is 0 Å². The maximum Gasteiger partial charge on any atom is 0.320 e. The van der Waals surface area contributed by atoms with Gasteiger partial charge in [-0.15, -0.1) is 0 Å². The lowest BCUT2D eigenvalue weighted by molar-refractivity contribution is -0.0364. The fourth-order valence-corrected chi connectivity index (χ4v) is 4.95. The number of piperazine rings is 1. The van der Waals surface area contributed by atoms with E-state index in [0.29, 0.717) is 56.9 Å². The lowest BCUT2D eigenvalue weighted by Gasteiger charge is -2.44. The molecule has 0 unspecified atom stereocenters. The first-order chi connectivity index (χ1) is 16.5. The van der Waals surface area contributed by atoms with Gasteiger partial charge in [0.05, 0.1) is 23.8 Å². The van der Waals surface area contributed by atoms with Gasteiger partial charge in [0.1, 0.15) is 12.4 Å². The third-order valence-corrected chi connectivity index (χ3v) is 7.05. The smallest absolute Gasteiger partial charge is 0.320 e. The summed E-state index contributed by atoms with van der Waals surface area (Å²) in [6.45, 7) is 4.27. The second-order valence-electron chi connectivity index (χ2n) is 9.21. The molecule has 5 rings (SSSR count). The summed E-state index contributed by atoms with van der Waals surface area (Å²) in [5, 5.41) is 20.1. The van der Waals surface area contributed by atoms with Crippen LogP contribution in [-0.4, -0.2) is 94.5 Å². The molecule has 10 nitrogen and oxygen atoms in total. The van der Waals surface area contributed by atoms with Gasteiger partial charge < -0.3 is 30.1 Å². The summed E-state index contributed by atoms with van der Waals surface area (Å²) in [5.41, 5.74) is 4.39. The monoisotopic (exact) mass is 463 g/mol. The number of nitrogens with one attached hydrogen (secondary N) is 1. The highest BCUT2D eigenvalue weighted by molar-refractivity contribution is 5.93. The van der Waals surface area contributed by atoms with Gasteiger partial charge in [-0.3, -0.25) is 9.47 Å². The maximum absolute atomic E-state index is 13.1. The number of hydrogen-bond donors (Lipinski definition) is 2. The van der Waals surface area contributed by atoms with Gasteiger partial charge in [0.25, 0.3) is 5.91 Å². The number of hydrogen-bond acceptors (Lipinski definition) is 6. The third-order valence-electron chi connectivity index (χ3n) is 7.05. The van der Waals surface area contributed by atoms with Crippen LogP contribution in [0, 0.1) is 11.3 Å². The van der Waals surface area contributed by atoms with Crippen molar-refractivity contribution in [3.63, 3.8) is 0 Å². The van der Waals surface area contributed by atoms with E-state index in [9.17, 15) is 14.7 Å². The van der Waals surface area contributed by atoms with E-state index < -0.39 is 5.60 Å². The molecule has 34 heavy (non-hydrogen) atoms. The Morgan fingerprint density at radius 1 is 1.03 bits per heavy atom. The molecule has 0 aliphatic carbocycles. The van der Waals surface area contributed by atoms with Gasteiger partial charge in [0.15, 0.2) is 0 Å². The molecule has 2 N–H and O–H groups in total. The molecule has 3 amide bonds. The van der Waals surface area contributed by atoms with Crippen LogP contribution in [0.4, 0.5) is 10.5 Å². The molecule has 0 bridgehead atoms. The predicted octanol–water partition coefficient (Wildman–Crippen LogP) is 1.09. The number of carbonyl (C=O) groups is 2. The number of rotatable bonds is 3. The second-order valence-corrected chi connectivity index (χ2v) is 9.21. The zero-order chi connectivity index (χ0) is 23.7. The van der Waals surface area contributed by atoms with Crippen molar-refractivity contribution in [1.82, 2.24) is 19.4 Å². The second kappa shape index (κ2) is 8.91. The Balaban J connectivity index is 1.11. The lowest BCUT2D eigenvalue weighted by atomic mass is 9.90. The zero-order valence-electron chi connectivity index (χ0n) is 19.1. The minimum Gasteiger partial charge on any atom is -0.388 e. The Bertz CT molecular complexity index is 1090. The number of β-amino-alcohol motifs (C(OH)–C–C–N with tert-alkyl or cyclic N) is 1. The third kappa shape index (κ3) is 4.26. The summed E-state index contributed by atoms with van der Waals surface area (Å²) in [4.78, 5) is 33.3. The van der Waals surface area contributed by atoms with Gasteiger partial charge in [-0.1, -0.05) is 0 Å². The van der Waals surface area contributed by atoms with E-state index in [1.807, 2.05) is 40.1 Å². The number of likely N-dealkylation sites (tertiary alicyclic amines) is 1. The Hall–Kier alpha value is -3.71. The minimum absolute atomic E-state index is 0.00933. The molecule has 2 fully saturated rings. The molecule has 0 spiro atoms. The van der Waals surface area contributed by atoms with E-state index in [1.165, 1.54) is 0 Å². The Kier molecular flexibility index (Phi) is 5.79. The fraction of sp³-hybridized carbons (Fsp3) is 0.458. The van der Waals surface area contributed by atoms with Crippen molar-refractivity contribution in [2.75, 3.05) is 62.8 Å². The molecule has 2 aromatic rings. The molecule has 1 aromatic carbocycles. The van der Waals surface area contributed by atoms with Crippen LogP contribution in [0.1, 0.15) is 28.9 Å². The Labute approximate surface area is 198 Å². The summed E-state index contributed by atoms with van der Waals surface area (Å²) in [7, 11) is 0. The van der Waals surface area contributed by atoms with Crippen molar-refractivity contribution < 1.29 is 14.7 Å². The normalized spacial score (nSPS) is 19.9. The van der Waals surface area contributed by atoms with Gasteiger partial charge in [-0.25, -0.2) is 4.79 Å². The van der Waals surface area contributed by atoms with Crippen LogP contribution in [0.3, 0.4) is 0 Å². The van der Waals surface area contributed by atoms with Crippen molar-refractivity contribution >= 4 is 17.6 Å². The number of nitriles is 1. The topological polar surface area (TPSA) is 108 Å². The number of amides is 3. The van der Waals surface area contributed by atoms with Crippen LogP contribution in [0.5, 0.6) is 0 Å². The molecule has 178 valence electrons. The van der Waals surface area contributed by atoms with E-state index in [-0.39, 0.29) is 18.5 Å². The van der Waals surface area contributed by atoms with E-state index in [1.54, 1.807) is 21.8 Å². The van der Waals surface area contributed by atoms with Gasteiger partial charge in [0.2, 0.25) is 0 Å². The number of nitrogens with zero attached hydrogens (tertiary/aromatic N) is 6. The van der Waals surface area contributed by atoms with Gasteiger partial charge in [0, 0.05) is 51.2 Å². The Morgan fingerprint density at radius 3 is 2.38 bits per heavy atom. The number of aromatic nitrogens is 1. The highest BCUT2D eigenvalue weighted by Crippen LogP contribution is 2.26. The largest absolute Gasteiger partial charge is 0.388 e. The number of fused-ring (bicyclic) bond motifs is 1. The molecule has 0 atom stereocenters. The molecule has 3 aliphatic heterocycles. The molecular weight excluding hydrogens is 434 g/mol. The van der Waals surface area contributed by atoms with E-state index in [0.717, 1.165) is 18.8 Å². The standard InChI is InChI=1S/C24H29N7O3/c25-16-19-3-5-20(6-4-19)27-12-14-29(15-13-27)23(33)28-10-7-24(34,8-11-28)17-30-18-26-31-9-1-2-21(31)22(30)32/h1-6,9,26,34H,7-8,10-15,17-18H2. The van der Waals surface area contributed by atoms with Crippen LogP contribution in [0.2, 0.25) is 0 Å². The predicted molar refractivity (Wildman–Crippen MR) is 126 cm³/mol. The summed E-state index contributed by atoms with van der Waals surface area (Å²) in [6.07, 6.45) is 2.68. The number of aliphatic hydroxyl groups is 1. The highest BCUT2D eigenvalue weighted by Gasteiger charge is 2.39. The fourth-order valence-electron chi connectivity index (χ4n) is 4.95. The number of piperidine rings is 1. The SMILES string of the molecule is N#Cc1ccc(N2CCN(C(=O)N3CCC(O)(CN4CNn5cccc5C4=O)CC3)CC2)cc1. The van der Waals surface area contributed by atoms with Crippen molar-refractivity contribution in [1.29, 1.82) is 5.26 Å². The molecule has 0 radical (unpaired) electrons. The lowest BCUT2D eigenvalue weighted by Crippen LogP contribution is -2.58. The highest BCUT2D eigenvalue weighted by atomic mass is 16.3. The first kappa shape index (κ1) is 22.1. The molecule has 10 heteroatoms. The van der Waals surface area contributed by atoms with E-state index >= 15 is 0 Å². The molecule has 2 saturated heterocycles. The first-order valence-electron chi connectivity index (χ1n) is 11.7. The summed E-state index contributed by atoms with van der Waals surface area (Å²) < 4.78 is 1.70. The van der Waals surface area contributed by atoms with Crippen LogP contribution in [0.15, 0.2) is 42.6 Å². The average molecular weight is 464 g/mol. The molecule has 1 aromatic heterocycles. The quantitative estimate of drug-likeness (QED) is 0.706. The summed E-state index contributed by atoms with van der Waals surface area (Å²) in [5.74, 6) is -0.101. The molecule has 4 heterocycles. The van der Waals surface area contributed by atoms with Crippen LogP contribution in [-0.2, 0) is 0 Å². The van der Waals surface area contributed by atoms with Gasteiger partial charge in [-0.05, 0) is 49.2 Å².